The van der Waals surface area contributed by atoms with E-state index >= 15 is 0 Å². The minimum Gasteiger partial charge on any atom is -0.371 e. The molecule has 0 radical (unpaired) electrons. The fourth-order valence-corrected chi connectivity index (χ4v) is 5.92. The monoisotopic (exact) mass is 434 g/mol. The first-order valence-electron chi connectivity index (χ1n) is 10.9. The van der Waals surface area contributed by atoms with Gasteiger partial charge in [-0.1, -0.05) is 78.9 Å². The maximum atomic E-state index is 6.25. The molecule has 0 bridgehead atoms. The van der Waals surface area contributed by atoms with Gasteiger partial charge in [-0.05, 0) is 76.5 Å². The van der Waals surface area contributed by atoms with Crippen LogP contribution in [0.5, 0.6) is 0 Å². The average molecular weight is 435 g/mol. The van der Waals surface area contributed by atoms with Gasteiger partial charge in [0, 0.05) is 0 Å². The summed E-state index contributed by atoms with van der Waals surface area (Å²) in [6.07, 6.45) is 0. The highest BCUT2D eigenvalue weighted by Gasteiger charge is 2.24. The summed E-state index contributed by atoms with van der Waals surface area (Å²) in [5.74, 6) is 0. The molecule has 0 aliphatic rings. The number of rotatable bonds is 7. The van der Waals surface area contributed by atoms with E-state index in [-0.39, 0.29) is 11.2 Å². The molecule has 164 valence electrons. The second-order valence-electron chi connectivity index (χ2n) is 9.73. The van der Waals surface area contributed by atoms with E-state index < -0.39 is 7.92 Å². The first-order valence-corrected chi connectivity index (χ1v) is 12.3. The Morgan fingerprint density at radius 3 is 1.29 bits per heavy atom. The van der Waals surface area contributed by atoms with Gasteiger partial charge in [0.25, 0.3) is 0 Å². The molecule has 3 aromatic rings. The van der Waals surface area contributed by atoms with E-state index in [1.54, 1.807) is 0 Å². The molecule has 0 atom stereocenters. The van der Waals surface area contributed by atoms with Crippen LogP contribution in [0.4, 0.5) is 0 Å². The molecule has 0 aromatic heterocycles. The Hall–Kier alpha value is -1.99. The molecule has 0 heterocycles. The SMILES string of the molecule is CC(C)(C)OCc1cccc(COC(C)(C)C)c1P(c1ccccc1)c1ccccc1. The van der Waals surface area contributed by atoms with Crippen molar-refractivity contribution in [3.8, 4) is 0 Å². The van der Waals surface area contributed by atoms with Gasteiger partial charge in [-0.3, -0.25) is 0 Å². The van der Waals surface area contributed by atoms with E-state index in [4.69, 9.17) is 9.47 Å². The van der Waals surface area contributed by atoms with Crippen molar-refractivity contribution in [2.24, 2.45) is 0 Å². The molecule has 0 saturated heterocycles. The molecule has 2 nitrogen and oxygen atoms in total. The highest BCUT2D eigenvalue weighted by atomic mass is 31.1. The summed E-state index contributed by atoms with van der Waals surface area (Å²) in [5.41, 5.74) is 2.09. The van der Waals surface area contributed by atoms with Crippen LogP contribution in [0.25, 0.3) is 0 Å². The minimum atomic E-state index is -0.742. The Morgan fingerprint density at radius 1 is 0.548 bits per heavy atom. The van der Waals surface area contributed by atoms with E-state index in [1.165, 1.54) is 27.0 Å². The number of hydrogen-bond donors (Lipinski definition) is 0. The smallest absolute Gasteiger partial charge is 0.0730 e. The molecule has 0 fully saturated rings. The van der Waals surface area contributed by atoms with Gasteiger partial charge in [0.2, 0.25) is 0 Å². The molecule has 31 heavy (non-hydrogen) atoms. The van der Waals surface area contributed by atoms with Crippen LogP contribution < -0.4 is 15.9 Å². The van der Waals surface area contributed by atoms with Crippen molar-refractivity contribution in [1.82, 2.24) is 0 Å². The lowest BCUT2D eigenvalue weighted by Crippen LogP contribution is -2.29. The van der Waals surface area contributed by atoms with Crippen molar-refractivity contribution in [3.63, 3.8) is 0 Å². The summed E-state index contributed by atoms with van der Waals surface area (Å²) >= 11 is 0. The van der Waals surface area contributed by atoms with Crippen LogP contribution in [0, 0.1) is 0 Å². The number of benzene rings is 3. The molecule has 3 heteroatoms. The van der Waals surface area contributed by atoms with Crippen molar-refractivity contribution in [2.75, 3.05) is 0 Å². The summed E-state index contributed by atoms with van der Waals surface area (Å²) in [4.78, 5) is 0. The van der Waals surface area contributed by atoms with Crippen molar-refractivity contribution in [2.45, 2.75) is 66.0 Å². The molecule has 3 aromatic carbocycles. The molecule has 0 unspecified atom stereocenters. The second-order valence-corrected chi connectivity index (χ2v) is 11.9. The van der Waals surface area contributed by atoms with Gasteiger partial charge in [-0.2, -0.15) is 0 Å². The summed E-state index contributed by atoms with van der Waals surface area (Å²) in [6, 6.07) is 28.2. The standard InChI is InChI=1S/C28H35O2P/c1-27(2,3)29-20-22-14-13-15-23(21-30-28(4,5)6)26(22)31(24-16-9-7-10-17-24)25-18-11-8-12-19-25/h7-19H,20-21H2,1-6H3. The van der Waals surface area contributed by atoms with E-state index in [0.29, 0.717) is 13.2 Å². The van der Waals surface area contributed by atoms with Gasteiger partial charge in [0.05, 0.1) is 24.4 Å². The molecular formula is C28H35O2P. The maximum Gasteiger partial charge on any atom is 0.0730 e. The Morgan fingerprint density at radius 2 is 0.935 bits per heavy atom. The van der Waals surface area contributed by atoms with Crippen LogP contribution in [-0.4, -0.2) is 11.2 Å². The lowest BCUT2D eigenvalue weighted by atomic mass is 10.1. The predicted molar refractivity (Wildman–Crippen MR) is 134 cm³/mol. The Kier molecular flexibility index (Phi) is 7.70. The predicted octanol–water partition coefficient (Wildman–Crippen LogP) is 6.08. The third kappa shape index (κ3) is 7.01. The fraction of sp³-hybridized carbons (Fsp3) is 0.357. The van der Waals surface area contributed by atoms with Crippen molar-refractivity contribution in [3.05, 3.63) is 90.0 Å². The van der Waals surface area contributed by atoms with E-state index in [9.17, 15) is 0 Å². The van der Waals surface area contributed by atoms with Gasteiger partial charge in [0.15, 0.2) is 0 Å². The number of ether oxygens (including phenoxy) is 2. The van der Waals surface area contributed by atoms with E-state index in [0.717, 1.165) is 0 Å². The van der Waals surface area contributed by atoms with E-state index in [2.05, 4.69) is 120 Å². The summed E-state index contributed by atoms with van der Waals surface area (Å²) in [6.45, 7) is 13.8. The maximum absolute atomic E-state index is 6.25. The summed E-state index contributed by atoms with van der Waals surface area (Å²) < 4.78 is 12.5. The quantitative estimate of drug-likeness (QED) is 0.420. The third-order valence-corrected chi connectivity index (χ3v) is 7.43. The molecule has 0 N–H and O–H groups in total. The van der Waals surface area contributed by atoms with Crippen molar-refractivity contribution < 1.29 is 9.47 Å². The van der Waals surface area contributed by atoms with Crippen molar-refractivity contribution >= 4 is 23.8 Å². The van der Waals surface area contributed by atoms with Crippen LogP contribution in [-0.2, 0) is 22.7 Å². The van der Waals surface area contributed by atoms with Gasteiger partial charge in [-0.15, -0.1) is 0 Å². The molecule has 0 spiro atoms. The summed E-state index contributed by atoms with van der Waals surface area (Å²) in [7, 11) is -0.742. The first-order chi connectivity index (χ1) is 14.6. The largest absolute Gasteiger partial charge is 0.371 e. The number of hydrogen-bond acceptors (Lipinski definition) is 2. The highest BCUT2D eigenvalue weighted by Crippen LogP contribution is 2.36. The van der Waals surface area contributed by atoms with Crippen LogP contribution in [0.2, 0.25) is 0 Å². The minimum absolute atomic E-state index is 0.197. The third-order valence-electron chi connectivity index (χ3n) is 4.78. The topological polar surface area (TPSA) is 18.5 Å². The Bertz CT molecular complexity index is 878. The molecule has 0 aliphatic carbocycles. The highest BCUT2D eigenvalue weighted by molar-refractivity contribution is 7.80. The lowest BCUT2D eigenvalue weighted by Gasteiger charge is -2.28. The molecule has 0 saturated carbocycles. The van der Waals surface area contributed by atoms with Crippen molar-refractivity contribution in [1.29, 1.82) is 0 Å². The molecule has 0 aliphatic heterocycles. The zero-order valence-electron chi connectivity index (χ0n) is 19.7. The molecular weight excluding hydrogens is 399 g/mol. The van der Waals surface area contributed by atoms with Crippen LogP contribution >= 0.6 is 7.92 Å². The van der Waals surface area contributed by atoms with Gasteiger partial charge in [0.1, 0.15) is 0 Å². The lowest BCUT2D eigenvalue weighted by molar-refractivity contribution is -0.0164. The average Bonchev–Trinajstić information content (AvgIpc) is 2.72. The van der Waals surface area contributed by atoms with Crippen LogP contribution in [0.15, 0.2) is 78.9 Å². The van der Waals surface area contributed by atoms with Crippen LogP contribution in [0.1, 0.15) is 52.7 Å². The first kappa shape index (κ1) is 23.7. The fourth-order valence-electron chi connectivity index (χ4n) is 3.31. The molecule has 3 rings (SSSR count). The Balaban J connectivity index is 2.16. The Labute approximate surface area is 189 Å². The molecule has 0 amide bonds. The van der Waals surface area contributed by atoms with Gasteiger partial charge in [-0.25, -0.2) is 0 Å². The summed E-state index contributed by atoms with van der Waals surface area (Å²) in [5, 5.41) is 4.02. The normalized spacial score (nSPS) is 12.4. The van der Waals surface area contributed by atoms with Gasteiger partial charge < -0.3 is 9.47 Å². The van der Waals surface area contributed by atoms with E-state index in [1.807, 2.05) is 0 Å². The zero-order chi connectivity index (χ0) is 22.5. The zero-order valence-corrected chi connectivity index (χ0v) is 20.6. The van der Waals surface area contributed by atoms with Crippen LogP contribution in [0.3, 0.4) is 0 Å². The van der Waals surface area contributed by atoms with Gasteiger partial charge >= 0.3 is 0 Å². The second kappa shape index (κ2) is 10.1.